The number of carbonyl (C=O) groups excluding carboxylic acids is 2. The van der Waals surface area contributed by atoms with Crippen molar-refractivity contribution in [1.82, 2.24) is 15.5 Å². The lowest BCUT2D eigenvalue weighted by Gasteiger charge is -2.40. The Morgan fingerprint density at radius 3 is 2.74 bits per heavy atom. The third kappa shape index (κ3) is 3.26. The smallest absolute Gasteiger partial charge is 0.240 e. The summed E-state index contributed by atoms with van der Waals surface area (Å²) >= 11 is 0. The summed E-state index contributed by atoms with van der Waals surface area (Å²) in [4.78, 5) is 25.5. The van der Waals surface area contributed by atoms with Gasteiger partial charge in [-0.3, -0.25) is 9.59 Å². The van der Waals surface area contributed by atoms with E-state index in [4.69, 9.17) is 0 Å². The second kappa shape index (κ2) is 5.49. The zero-order valence-corrected chi connectivity index (χ0v) is 12.2. The lowest BCUT2D eigenvalue weighted by molar-refractivity contribution is -0.136. The topological polar surface area (TPSA) is 61.4 Å². The summed E-state index contributed by atoms with van der Waals surface area (Å²) in [6, 6.07) is 0.0329. The van der Waals surface area contributed by atoms with Crippen LogP contribution >= 0.6 is 0 Å². The van der Waals surface area contributed by atoms with E-state index in [-0.39, 0.29) is 29.3 Å². The first kappa shape index (κ1) is 14.3. The molecule has 0 aromatic rings. The highest BCUT2D eigenvalue weighted by Gasteiger charge is 2.40. The molecule has 2 atom stereocenters. The highest BCUT2D eigenvalue weighted by Crippen LogP contribution is 2.31. The van der Waals surface area contributed by atoms with Gasteiger partial charge in [0.25, 0.3) is 0 Å². The Morgan fingerprint density at radius 2 is 2.11 bits per heavy atom. The summed E-state index contributed by atoms with van der Waals surface area (Å²) in [5.74, 6) is 0.174. The molecule has 0 bridgehead atoms. The second-order valence-electron chi connectivity index (χ2n) is 6.45. The largest absolute Gasteiger partial charge is 0.352 e. The minimum Gasteiger partial charge on any atom is -0.352 e. The molecular weight excluding hydrogens is 242 g/mol. The molecule has 2 aliphatic heterocycles. The van der Waals surface area contributed by atoms with Gasteiger partial charge < -0.3 is 15.5 Å². The molecule has 108 valence electrons. The molecule has 5 heteroatoms. The Morgan fingerprint density at radius 1 is 1.37 bits per heavy atom. The third-order valence-corrected chi connectivity index (χ3v) is 4.28. The molecule has 0 spiro atoms. The highest BCUT2D eigenvalue weighted by atomic mass is 16.2. The molecule has 2 amide bonds. The molecule has 0 aliphatic carbocycles. The predicted molar refractivity (Wildman–Crippen MR) is 73.6 cm³/mol. The number of hydrogen-bond acceptors (Lipinski definition) is 3. The molecule has 2 fully saturated rings. The van der Waals surface area contributed by atoms with E-state index in [1.54, 1.807) is 0 Å². The van der Waals surface area contributed by atoms with Crippen LogP contribution in [0.3, 0.4) is 0 Å². The molecule has 2 unspecified atom stereocenters. The van der Waals surface area contributed by atoms with Crippen molar-refractivity contribution >= 4 is 11.8 Å². The van der Waals surface area contributed by atoms with Crippen molar-refractivity contribution in [3.8, 4) is 0 Å². The van der Waals surface area contributed by atoms with E-state index in [9.17, 15) is 9.59 Å². The van der Waals surface area contributed by atoms with Crippen molar-refractivity contribution in [2.75, 3.05) is 19.6 Å². The first-order chi connectivity index (χ1) is 8.90. The number of nitrogens with zero attached hydrogens (tertiary/aromatic N) is 1. The lowest BCUT2D eigenvalue weighted by atomic mass is 9.77. The van der Waals surface area contributed by atoms with Gasteiger partial charge in [-0.2, -0.15) is 0 Å². The molecule has 0 aromatic heterocycles. The summed E-state index contributed by atoms with van der Waals surface area (Å²) in [5.41, 5.74) is 0.0153. The first-order valence-electron chi connectivity index (χ1n) is 7.19. The van der Waals surface area contributed by atoms with Gasteiger partial charge in [0.05, 0.1) is 6.04 Å². The molecular formula is C14H25N3O2. The maximum atomic E-state index is 12.6. The number of piperidine rings is 1. The van der Waals surface area contributed by atoms with Gasteiger partial charge >= 0.3 is 0 Å². The van der Waals surface area contributed by atoms with Crippen LogP contribution in [0.15, 0.2) is 0 Å². The van der Waals surface area contributed by atoms with Crippen molar-refractivity contribution in [2.45, 2.75) is 52.1 Å². The Balaban J connectivity index is 1.95. The van der Waals surface area contributed by atoms with Gasteiger partial charge in [-0.25, -0.2) is 0 Å². The summed E-state index contributed by atoms with van der Waals surface area (Å²) in [6.45, 7) is 8.15. The van der Waals surface area contributed by atoms with Gasteiger partial charge in [0, 0.05) is 26.1 Å². The molecule has 2 heterocycles. The van der Waals surface area contributed by atoms with Crippen LogP contribution in [0.5, 0.6) is 0 Å². The maximum absolute atomic E-state index is 12.6. The molecule has 2 N–H and O–H groups in total. The predicted octanol–water partition coefficient (Wildman–Crippen LogP) is 0.502. The standard InChI is InChI=1S/C14H25N3O2/c1-10(18)16-11-5-8-17(9-11)13(19)12-14(2,3)6-4-7-15-12/h11-12,15H,4-9H2,1-3H3,(H,16,18). The maximum Gasteiger partial charge on any atom is 0.240 e. The number of nitrogens with one attached hydrogen (secondary N) is 2. The fourth-order valence-electron chi connectivity index (χ4n) is 3.18. The minimum absolute atomic E-state index is 0.0153. The van der Waals surface area contributed by atoms with Crippen LogP contribution in [0, 0.1) is 5.41 Å². The van der Waals surface area contributed by atoms with Gasteiger partial charge in [0.1, 0.15) is 0 Å². The van der Waals surface area contributed by atoms with E-state index in [2.05, 4.69) is 24.5 Å². The Kier molecular flexibility index (Phi) is 4.13. The van der Waals surface area contributed by atoms with Gasteiger partial charge in [0.15, 0.2) is 0 Å². The van der Waals surface area contributed by atoms with E-state index in [0.717, 1.165) is 32.4 Å². The Labute approximate surface area is 115 Å². The molecule has 0 radical (unpaired) electrons. The van der Waals surface area contributed by atoms with Crippen LogP contribution in [0.2, 0.25) is 0 Å². The average Bonchev–Trinajstić information content (AvgIpc) is 2.75. The molecule has 0 saturated carbocycles. The summed E-state index contributed by atoms with van der Waals surface area (Å²) in [7, 11) is 0. The molecule has 19 heavy (non-hydrogen) atoms. The number of hydrogen-bond donors (Lipinski definition) is 2. The summed E-state index contributed by atoms with van der Waals surface area (Å²) in [6.07, 6.45) is 3.07. The summed E-state index contributed by atoms with van der Waals surface area (Å²) < 4.78 is 0. The molecule has 2 rings (SSSR count). The van der Waals surface area contributed by atoms with Crippen molar-refractivity contribution in [1.29, 1.82) is 0 Å². The van der Waals surface area contributed by atoms with Gasteiger partial charge in [-0.05, 0) is 31.2 Å². The van der Waals surface area contributed by atoms with E-state index in [1.165, 1.54) is 6.92 Å². The first-order valence-corrected chi connectivity index (χ1v) is 7.19. The van der Waals surface area contributed by atoms with Gasteiger partial charge in [-0.1, -0.05) is 13.8 Å². The number of likely N-dealkylation sites (tertiary alicyclic amines) is 1. The van der Waals surface area contributed by atoms with Crippen LogP contribution in [0.25, 0.3) is 0 Å². The van der Waals surface area contributed by atoms with Crippen molar-refractivity contribution in [3.05, 3.63) is 0 Å². The van der Waals surface area contributed by atoms with E-state index >= 15 is 0 Å². The molecule has 0 aromatic carbocycles. The van der Waals surface area contributed by atoms with E-state index in [0.29, 0.717) is 6.54 Å². The van der Waals surface area contributed by atoms with E-state index in [1.807, 2.05) is 4.90 Å². The van der Waals surface area contributed by atoms with Crippen LogP contribution < -0.4 is 10.6 Å². The lowest BCUT2D eigenvalue weighted by Crippen LogP contribution is -2.56. The minimum atomic E-state index is -0.0858. The van der Waals surface area contributed by atoms with Gasteiger partial charge in [-0.15, -0.1) is 0 Å². The average molecular weight is 267 g/mol. The van der Waals surface area contributed by atoms with E-state index < -0.39 is 0 Å². The van der Waals surface area contributed by atoms with Crippen LogP contribution in [-0.4, -0.2) is 48.4 Å². The van der Waals surface area contributed by atoms with Crippen LogP contribution in [0.1, 0.15) is 40.0 Å². The highest BCUT2D eigenvalue weighted by molar-refractivity contribution is 5.83. The Hall–Kier alpha value is -1.10. The molecule has 2 saturated heterocycles. The summed E-state index contributed by atoms with van der Waals surface area (Å²) in [5, 5.41) is 6.26. The third-order valence-electron chi connectivity index (χ3n) is 4.28. The molecule has 2 aliphatic rings. The van der Waals surface area contributed by atoms with Crippen molar-refractivity contribution < 1.29 is 9.59 Å². The SMILES string of the molecule is CC(=O)NC1CCN(C(=O)C2NCCCC2(C)C)C1. The Bertz CT molecular complexity index is 368. The fraction of sp³-hybridized carbons (Fsp3) is 0.857. The van der Waals surface area contributed by atoms with Crippen LogP contribution in [-0.2, 0) is 9.59 Å². The van der Waals surface area contributed by atoms with Gasteiger partial charge in [0.2, 0.25) is 11.8 Å². The van der Waals surface area contributed by atoms with Crippen molar-refractivity contribution in [2.24, 2.45) is 5.41 Å². The normalized spacial score (nSPS) is 30.2. The van der Waals surface area contributed by atoms with Crippen molar-refractivity contribution in [3.63, 3.8) is 0 Å². The quantitative estimate of drug-likeness (QED) is 0.766. The molecule has 5 nitrogen and oxygen atoms in total. The zero-order valence-electron chi connectivity index (χ0n) is 12.2. The second-order valence-corrected chi connectivity index (χ2v) is 6.45. The zero-order chi connectivity index (χ0) is 14.0. The monoisotopic (exact) mass is 267 g/mol. The fourth-order valence-corrected chi connectivity index (χ4v) is 3.18. The van der Waals surface area contributed by atoms with Crippen LogP contribution in [0.4, 0.5) is 0 Å². The number of rotatable bonds is 2. The number of amides is 2. The number of carbonyl (C=O) groups is 2.